The van der Waals surface area contributed by atoms with E-state index in [0.29, 0.717) is 0 Å². The fourth-order valence-corrected chi connectivity index (χ4v) is 1.44. The molecule has 0 saturated heterocycles. The minimum Gasteiger partial charge on any atom is -0.350 e. The average molecular weight is 265 g/mol. The number of pyridine rings is 1. The Bertz CT molecular complexity index is 514. The van der Waals surface area contributed by atoms with Crippen LogP contribution in [-0.4, -0.2) is 28.5 Å². The van der Waals surface area contributed by atoms with Gasteiger partial charge in [-0.3, -0.25) is 14.4 Å². The Labute approximate surface area is 111 Å². The summed E-state index contributed by atoms with van der Waals surface area (Å²) in [6.45, 7) is 5.38. The van der Waals surface area contributed by atoms with E-state index < -0.39 is 0 Å². The van der Waals surface area contributed by atoms with Crippen molar-refractivity contribution in [3.63, 3.8) is 0 Å². The molecule has 104 valence electrons. The van der Waals surface area contributed by atoms with Crippen LogP contribution < -0.4 is 16.2 Å². The van der Waals surface area contributed by atoms with Gasteiger partial charge in [-0.15, -0.1) is 0 Å². The number of carbonyl (C=O) groups excluding carboxylic acids is 2. The maximum Gasteiger partial charge on any atom is 0.250 e. The molecular formula is C13H19N3O3. The van der Waals surface area contributed by atoms with Crippen LogP contribution in [-0.2, 0) is 16.1 Å². The lowest BCUT2D eigenvalue weighted by Gasteiger charge is -2.20. The molecule has 1 heterocycles. The Hall–Kier alpha value is -2.11. The summed E-state index contributed by atoms with van der Waals surface area (Å²) >= 11 is 0. The Morgan fingerprint density at radius 3 is 2.47 bits per heavy atom. The molecule has 0 aliphatic heterocycles. The predicted molar refractivity (Wildman–Crippen MR) is 71.6 cm³/mol. The number of hydrogen-bond acceptors (Lipinski definition) is 3. The van der Waals surface area contributed by atoms with E-state index in [9.17, 15) is 14.4 Å². The summed E-state index contributed by atoms with van der Waals surface area (Å²) in [5.41, 5.74) is -0.588. The SMILES string of the molecule is CC(C)(C)NC(=O)CNC(=O)Cn1ccccc1=O. The van der Waals surface area contributed by atoms with Gasteiger partial charge in [0.1, 0.15) is 6.54 Å². The molecule has 0 aromatic carbocycles. The van der Waals surface area contributed by atoms with Gasteiger partial charge in [0.15, 0.2) is 0 Å². The van der Waals surface area contributed by atoms with Gasteiger partial charge in [-0.05, 0) is 26.8 Å². The summed E-state index contributed by atoms with van der Waals surface area (Å²) in [4.78, 5) is 34.5. The third kappa shape index (κ3) is 5.85. The fraction of sp³-hybridized carbons (Fsp3) is 0.462. The number of nitrogens with zero attached hydrogens (tertiary/aromatic N) is 1. The molecule has 0 aliphatic rings. The molecule has 0 radical (unpaired) electrons. The van der Waals surface area contributed by atoms with E-state index in [0.717, 1.165) is 0 Å². The van der Waals surface area contributed by atoms with Gasteiger partial charge in [0.25, 0.3) is 5.56 Å². The van der Waals surface area contributed by atoms with Crippen LogP contribution in [0.3, 0.4) is 0 Å². The Kier molecular flexibility index (Phi) is 4.86. The summed E-state index contributed by atoms with van der Waals surface area (Å²) in [6.07, 6.45) is 1.52. The molecule has 0 bridgehead atoms. The normalized spacial score (nSPS) is 10.9. The molecule has 2 N–H and O–H groups in total. The van der Waals surface area contributed by atoms with Crippen molar-refractivity contribution in [1.82, 2.24) is 15.2 Å². The zero-order chi connectivity index (χ0) is 14.5. The maximum atomic E-state index is 11.6. The zero-order valence-electron chi connectivity index (χ0n) is 11.4. The van der Waals surface area contributed by atoms with Gasteiger partial charge >= 0.3 is 0 Å². The molecule has 1 aromatic heterocycles. The van der Waals surface area contributed by atoms with Gasteiger partial charge in [0, 0.05) is 17.8 Å². The highest BCUT2D eigenvalue weighted by molar-refractivity contribution is 5.84. The molecule has 0 aliphatic carbocycles. The van der Waals surface area contributed by atoms with Crippen molar-refractivity contribution in [1.29, 1.82) is 0 Å². The van der Waals surface area contributed by atoms with Gasteiger partial charge in [-0.2, -0.15) is 0 Å². The van der Waals surface area contributed by atoms with Crippen molar-refractivity contribution in [3.8, 4) is 0 Å². The van der Waals surface area contributed by atoms with Crippen LogP contribution in [0, 0.1) is 0 Å². The lowest BCUT2D eigenvalue weighted by molar-refractivity contribution is -0.127. The standard InChI is InChI=1S/C13H19N3O3/c1-13(2,3)15-10(17)8-14-11(18)9-16-7-5-4-6-12(16)19/h4-7H,8-9H2,1-3H3,(H,14,18)(H,15,17). The van der Waals surface area contributed by atoms with E-state index in [4.69, 9.17) is 0 Å². The molecule has 19 heavy (non-hydrogen) atoms. The smallest absolute Gasteiger partial charge is 0.250 e. The highest BCUT2D eigenvalue weighted by Gasteiger charge is 2.14. The van der Waals surface area contributed by atoms with Crippen LogP contribution in [0.25, 0.3) is 0 Å². The number of amides is 2. The Morgan fingerprint density at radius 2 is 1.89 bits per heavy atom. The maximum absolute atomic E-state index is 11.6. The molecule has 0 atom stereocenters. The topological polar surface area (TPSA) is 80.2 Å². The predicted octanol–water partition coefficient (Wildman–Crippen LogP) is -0.121. The minimum absolute atomic E-state index is 0.0948. The van der Waals surface area contributed by atoms with Gasteiger partial charge in [0.2, 0.25) is 11.8 Å². The number of nitrogens with one attached hydrogen (secondary N) is 2. The summed E-state index contributed by atoms with van der Waals surface area (Å²) < 4.78 is 1.27. The quantitative estimate of drug-likeness (QED) is 0.796. The third-order valence-corrected chi connectivity index (χ3v) is 2.17. The second-order valence-electron chi connectivity index (χ2n) is 5.24. The molecule has 2 amide bonds. The largest absolute Gasteiger partial charge is 0.350 e. The van der Waals surface area contributed by atoms with Crippen LogP contribution in [0.2, 0.25) is 0 Å². The average Bonchev–Trinajstić information content (AvgIpc) is 2.27. The van der Waals surface area contributed by atoms with Crippen LogP contribution in [0.5, 0.6) is 0 Å². The van der Waals surface area contributed by atoms with Crippen LogP contribution >= 0.6 is 0 Å². The first-order valence-electron chi connectivity index (χ1n) is 6.01. The van der Waals surface area contributed by atoms with E-state index in [-0.39, 0.29) is 36.0 Å². The van der Waals surface area contributed by atoms with E-state index in [1.165, 1.54) is 16.8 Å². The van der Waals surface area contributed by atoms with Crippen LogP contribution in [0.1, 0.15) is 20.8 Å². The summed E-state index contributed by atoms with van der Waals surface area (Å²) in [5.74, 6) is -0.640. The van der Waals surface area contributed by atoms with Crippen molar-refractivity contribution in [2.75, 3.05) is 6.54 Å². The number of carbonyl (C=O) groups is 2. The molecule has 0 unspecified atom stereocenters. The second kappa shape index (κ2) is 6.17. The summed E-state index contributed by atoms with van der Waals surface area (Å²) in [5, 5.41) is 5.20. The molecule has 1 rings (SSSR count). The first kappa shape index (κ1) is 14.9. The molecule has 1 aromatic rings. The Morgan fingerprint density at radius 1 is 1.21 bits per heavy atom. The first-order valence-corrected chi connectivity index (χ1v) is 6.01. The van der Waals surface area contributed by atoms with E-state index in [1.54, 1.807) is 12.1 Å². The lowest BCUT2D eigenvalue weighted by atomic mass is 10.1. The van der Waals surface area contributed by atoms with Crippen molar-refractivity contribution in [3.05, 3.63) is 34.7 Å². The van der Waals surface area contributed by atoms with E-state index >= 15 is 0 Å². The highest BCUT2D eigenvalue weighted by atomic mass is 16.2. The zero-order valence-corrected chi connectivity index (χ0v) is 11.4. The van der Waals surface area contributed by atoms with Crippen molar-refractivity contribution in [2.24, 2.45) is 0 Å². The summed E-state index contributed by atoms with van der Waals surface area (Å²) in [7, 11) is 0. The first-order chi connectivity index (χ1) is 8.78. The molecule has 6 heteroatoms. The van der Waals surface area contributed by atoms with Crippen molar-refractivity contribution >= 4 is 11.8 Å². The van der Waals surface area contributed by atoms with Gasteiger partial charge in [-0.1, -0.05) is 6.07 Å². The van der Waals surface area contributed by atoms with Crippen LogP contribution in [0.15, 0.2) is 29.2 Å². The van der Waals surface area contributed by atoms with Crippen LogP contribution in [0.4, 0.5) is 0 Å². The highest BCUT2D eigenvalue weighted by Crippen LogP contribution is 1.97. The number of aromatic nitrogens is 1. The van der Waals surface area contributed by atoms with Crippen molar-refractivity contribution < 1.29 is 9.59 Å². The van der Waals surface area contributed by atoms with Gasteiger partial charge in [0.05, 0.1) is 6.54 Å². The molecule has 0 fully saturated rings. The van der Waals surface area contributed by atoms with Gasteiger partial charge < -0.3 is 15.2 Å². The fourth-order valence-electron chi connectivity index (χ4n) is 1.44. The van der Waals surface area contributed by atoms with Crippen molar-refractivity contribution in [2.45, 2.75) is 32.9 Å². The molecule has 0 spiro atoms. The minimum atomic E-state index is -0.377. The monoisotopic (exact) mass is 265 g/mol. The molecule has 0 saturated carbocycles. The van der Waals surface area contributed by atoms with E-state index in [2.05, 4.69) is 10.6 Å². The number of hydrogen-bond donors (Lipinski definition) is 2. The second-order valence-corrected chi connectivity index (χ2v) is 5.24. The van der Waals surface area contributed by atoms with E-state index in [1.807, 2.05) is 20.8 Å². The molecular weight excluding hydrogens is 246 g/mol. The number of rotatable bonds is 4. The third-order valence-electron chi connectivity index (χ3n) is 2.17. The lowest BCUT2D eigenvalue weighted by Crippen LogP contribution is -2.46. The summed E-state index contributed by atoms with van der Waals surface area (Å²) in [6, 6.07) is 4.65. The molecule has 6 nitrogen and oxygen atoms in total. The van der Waals surface area contributed by atoms with Gasteiger partial charge in [-0.25, -0.2) is 0 Å². The Balaban J connectivity index is 2.43.